The molecule has 0 unspecified atom stereocenters. The molecule has 2 saturated heterocycles. The van der Waals surface area contributed by atoms with Crippen LogP contribution >= 0.6 is 11.3 Å². The molecular formula is C20H25NO6S. The molecule has 3 aliphatic rings. The molecule has 1 aliphatic carbocycles. The molecule has 2 bridgehead atoms. The molecule has 4 atom stereocenters. The minimum atomic E-state index is -1.00. The first-order valence-corrected chi connectivity index (χ1v) is 10.7. The first kappa shape index (κ1) is 19.4. The molecule has 28 heavy (non-hydrogen) atoms. The van der Waals surface area contributed by atoms with Crippen LogP contribution in [0.5, 0.6) is 0 Å². The molecule has 3 heterocycles. The van der Waals surface area contributed by atoms with E-state index in [1.165, 1.54) is 18.4 Å². The van der Waals surface area contributed by atoms with Crippen LogP contribution < -0.4 is 5.32 Å². The SMILES string of the molecule is COC(=O)c1c(NC(=O)[C@H]2[C@@H](C(=O)O)[C@H]3CC[C@H]2O3)sc2c1CCCCCC2. The Hall–Kier alpha value is -1.93. The molecule has 8 heteroatoms. The number of ether oxygens (including phenoxy) is 2. The van der Waals surface area contributed by atoms with E-state index >= 15 is 0 Å². The third-order valence-corrected chi connectivity index (χ3v) is 7.37. The Morgan fingerprint density at radius 2 is 1.75 bits per heavy atom. The van der Waals surface area contributed by atoms with E-state index in [1.54, 1.807) is 0 Å². The third-order valence-electron chi connectivity index (χ3n) is 6.16. The zero-order valence-corrected chi connectivity index (χ0v) is 16.7. The number of rotatable bonds is 4. The molecule has 7 nitrogen and oxygen atoms in total. The minimum Gasteiger partial charge on any atom is -0.481 e. The Labute approximate surface area is 167 Å². The number of thiophene rings is 1. The molecule has 1 aromatic rings. The smallest absolute Gasteiger partial charge is 0.341 e. The van der Waals surface area contributed by atoms with Gasteiger partial charge in [0.25, 0.3) is 0 Å². The molecule has 0 radical (unpaired) electrons. The summed E-state index contributed by atoms with van der Waals surface area (Å²) in [7, 11) is 1.34. The normalized spacial score (nSPS) is 28.9. The van der Waals surface area contributed by atoms with E-state index in [9.17, 15) is 19.5 Å². The molecule has 2 N–H and O–H groups in total. The van der Waals surface area contributed by atoms with Crippen LogP contribution in [0.1, 0.15) is 59.3 Å². The van der Waals surface area contributed by atoms with Crippen LogP contribution in [0, 0.1) is 11.8 Å². The van der Waals surface area contributed by atoms with Crippen molar-refractivity contribution in [2.75, 3.05) is 12.4 Å². The number of aryl methyl sites for hydroxylation is 1. The quantitative estimate of drug-likeness (QED) is 0.744. The van der Waals surface area contributed by atoms with Crippen molar-refractivity contribution in [2.24, 2.45) is 11.8 Å². The predicted octanol–water partition coefficient (Wildman–Crippen LogP) is 3.01. The number of hydrogen-bond donors (Lipinski definition) is 2. The number of carbonyl (C=O) groups excluding carboxylic acids is 2. The lowest BCUT2D eigenvalue weighted by Crippen LogP contribution is -2.41. The molecular weight excluding hydrogens is 382 g/mol. The number of esters is 1. The lowest BCUT2D eigenvalue weighted by molar-refractivity contribution is -0.147. The Morgan fingerprint density at radius 1 is 1.07 bits per heavy atom. The molecule has 2 aliphatic heterocycles. The molecule has 0 aromatic carbocycles. The molecule has 2 fully saturated rings. The van der Waals surface area contributed by atoms with Gasteiger partial charge in [-0.3, -0.25) is 9.59 Å². The number of nitrogens with one attached hydrogen (secondary N) is 1. The van der Waals surface area contributed by atoms with Gasteiger partial charge in [0.1, 0.15) is 5.00 Å². The van der Waals surface area contributed by atoms with Crippen LogP contribution in [-0.2, 0) is 31.9 Å². The topological polar surface area (TPSA) is 102 Å². The van der Waals surface area contributed by atoms with Crippen molar-refractivity contribution in [3.05, 3.63) is 16.0 Å². The fraction of sp³-hybridized carbons (Fsp3) is 0.650. The van der Waals surface area contributed by atoms with E-state index in [4.69, 9.17) is 9.47 Å². The summed E-state index contributed by atoms with van der Waals surface area (Å²) in [5.41, 5.74) is 1.42. The molecule has 0 spiro atoms. The highest BCUT2D eigenvalue weighted by molar-refractivity contribution is 7.17. The molecule has 1 amide bonds. The molecule has 152 valence electrons. The average molecular weight is 407 g/mol. The van der Waals surface area contributed by atoms with Crippen LogP contribution in [0.2, 0.25) is 0 Å². The van der Waals surface area contributed by atoms with Crippen molar-refractivity contribution in [1.82, 2.24) is 0 Å². The van der Waals surface area contributed by atoms with Crippen LogP contribution in [0.4, 0.5) is 5.00 Å². The zero-order chi connectivity index (χ0) is 19.8. The number of aliphatic carboxylic acids is 1. The van der Waals surface area contributed by atoms with E-state index in [1.807, 2.05) is 0 Å². The van der Waals surface area contributed by atoms with Crippen molar-refractivity contribution >= 4 is 34.2 Å². The number of carbonyl (C=O) groups is 3. The van der Waals surface area contributed by atoms with Crippen LogP contribution in [-0.4, -0.2) is 42.3 Å². The summed E-state index contributed by atoms with van der Waals surface area (Å²) in [4.78, 5) is 38.3. The molecule has 4 rings (SSSR count). The van der Waals surface area contributed by atoms with Gasteiger partial charge in [-0.2, -0.15) is 0 Å². The summed E-state index contributed by atoms with van der Waals surface area (Å²) in [6.45, 7) is 0. The highest BCUT2D eigenvalue weighted by Crippen LogP contribution is 2.45. The maximum absolute atomic E-state index is 13.0. The Balaban J connectivity index is 1.63. The van der Waals surface area contributed by atoms with E-state index in [2.05, 4.69) is 5.32 Å². The lowest BCUT2D eigenvalue weighted by atomic mass is 9.78. The summed E-state index contributed by atoms with van der Waals surface area (Å²) in [5, 5.41) is 12.9. The van der Waals surface area contributed by atoms with Crippen molar-refractivity contribution in [1.29, 1.82) is 0 Å². The Kier molecular flexibility index (Phi) is 5.42. The summed E-state index contributed by atoms with van der Waals surface area (Å²) in [6, 6.07) is 0. The van der Waals surface area contributed by atoms with Crippen molar-refractivity contribution < 1.29 is 29.0 Å². The van der Waals surface area contributed by atoms with Crippen molar-refractivity contribution in [2.45, 2.75) is 63.6 Å². The fourth-order valence-corrected chi connectivity index (χ4v) is 6.13. The van der Waals surface area contributed by atoms with Crippen molar-refractivity contribution in [3.8, 4) is 0 Å². The standard InChI is InChI=1S/C20H25NO6S/c1-26-20(25)14-10-6-4-2-3-5-7-13(10)28-18(14)21-17(22)15-11-8-9-12(27-11)16(15)19(23)24/h11-12,15-16H,2-9H2,1H3,(H,21,22)(H,23,24)/t11-,12-,15-,16+/m1/s1. The second-order valence-electron chi connectivity index (χ2n) is 7.78. The first-order valence-electron chi connectivity index (χ1n) is 9.93. The van der Waals surface area contributed by atoms with Crippen LogP contribution in [0.25, 0.3) is 0 Å². The van der Waals surface area contributed by atoms with Gasteiger partial charge in [-0.05, 0) is 44.1 Å². The van der Waals surface area contributed by atoms with Gasteiger partial charge in [0.05, 0.1) is 36.7 Å². The van der Waals surface area contributed by atoms with Crippen molar-refractivity contribution in [3.63, 3.8) is 0 Å². The van der Waals surface area contributed by atoms with Gasteiger partial charge in [0.2, 0.25) is 5.91 Å². The number of hydrogen-bond acceptors (Lipinski definition) is 6. The monoisotopic (exact) mass is 407 g/mol. The first-order chi connectivity index (χ1) is 13.5. The lowest BCUT2D eigenvalue weighted by Gasteiger charge is -2.23. The largest absolute Gasteiger partial charge is 0.481 e. The third kappa shape index (κ3) is 3.33. The average Bonchev–Trinajstić information content (AvgIpc) is 3.34. The Bertz CT molecular complexity index is 803. The number of carboxylic acid groups (broad SMARTS) is 1. The molecule has 1 aromatic heterocycles. The van der Waals surface area contributed by atoms with E-state index in [0.717, 1.165) is 49.0 Å². The highest BCUT2D eigenvalue weighted by atomic mass is 32.1. The van der Waals surface area contributed by atoms with E-state index in [-0.39, 0.29) is 12.0 Å². The highest BCUT2D eigenvalue weighted by Gasteiger charge is 2.55. The Morgan fingerprint density at radius 3 is 2.43 bits per heavy atom. The summed E-state index contributed by atoms with van der Waals surface area (Å²) < 4.78 is 10.7. The van der Waals surface area contributed by atoms with Gasteiger partial charge in [0, 0.05) is 4.88 Å². The second-order valence-corrected chi connectivity index (χ2v) is 8.89. The maximum atomic E-state index is 13.0. The summed E-state index contributed by atoms with van der Waals surface area (Å²) in [5.74, 6) is -3.39. The van der Waals surface area contributed by atoms with E-state index in [0.29, 0.717) is 23.4 Å². The number of carboxylic acids is 1. The number of methoxy groups -OCH3 is 1. The van der Waals surface area contributed by atoms with Gasteiger partial charge in [-0.1, -0.05) is 12.8 Å². The van der Waals surface area contributed by atoms with Gasteiger partial charge in [-0.15, -0.1) is 11.3 Å². The number of amides is 1. The van der Waals surface area contributed by atoms with Gasteiger partial charge in [0.15, 0.2) is 0 Å². The summed E-state index contributed by atoms with van der Waals surface area (Å²) >= 11 is 1.42. The number of fused-ring (bicyclic) bond motifs is 3. The minimum absolute atomic E-state index is 0.367. The van der Waals surface area contributed by atoms with Gasteiger partial charge < -0.3 is 19.9 Å². The molecule has 0 saturated carbocycles. The van der Waals surface area contributed by atoms with Gasteiger partial charge >= 0.3 is 11.9 Å². The summed E-state index contributed by atoms with van der Waals surface area (Å²) in [6.07, 6.45) is 6.62. The number of anilines is 1. The second kappa shape index (κ2) is 7.83. The van der Waals surface area contributed by atoms with Crippen LogP contribution in [0.3, 0.4) is 0 Å². The fourth-order valence-electron chi connectivity index (χ4n) is 4.85. The zero-order valence-electron chi connectivity index (χ0n) is 15.9. The van der Waals surface area contributed by atoms with E-state index < -0.39 is 29.9 Å². The van der Waals surface area contributed by atoms with Gasteiger partial charge in [-0.25, -0.2) is 4.79 Å². The van der Waals surface area contributed by atoms with Crippen LogP contribution in [0.15, 0.2) is 0 Å². The predicted molar refractivity (Wildman–Crippen MR) is 103 cm³/mol. The maximum Gasteiger partial charge on any atom is 0.341 e.